The largest absolute Gasteiger partial charge is 0.374 e. The number of hydrogen-bond donors (Lipinski definition) is 2. The van der Waals surface area contributed by atoms with Crippen LogP contribution in [0.15, 0.2) is 4.34 Å². The first kappa shape index (κ1) is 10.3. The molecule has 7 heteroatoms. The van der Waals surface area contributed by atoms with Gasteiger partial charge in [0.25, 0.3) is 0 Å². The third-order valence-electron chi connectivity index (χ3n) is 1.32. The Morgan fingerprint density at radius 2 is 2.38 bits per heavy atom. The van der Waals surface area contributed by atoms with Gasteiger partial charge in [-0.2, -0.15) is 0 Å². The Hall–Kier alpha value is -0.820. The molecule has 1 rings (SSSR count). The molecule has 0 aromatic carbocycles. The van der Waals surface area contributed by atoms with E-state index >= 15 is 0 Å². The lowest BCUT2D eigenvalue weighted by atomic mass is 10.4. The molecule has 0 saturated heterocycles. The summed E-state index contributed by atoms with van der Waals surface area (Å²) in [6.45, 7) is 1.81. The summed E-state index contributed by atoms with van der Waals surface area (Å²) in [4.78, 5) is 11.1. The van der Waals surface area contributed by atoms with Gasteiger partial charge in [0.2, 0.25) is 11.0 Å². The van der Waals surface area contributed by atoms with E-state index in [1.807, 2.05) is 0 Å². The van der Waals surface area contributed by atoms with Crippen molar-refractivity contribution in [2.45, 2.75) is 16.5 Å². The number of amides is 1. The number of carbonyl (C=O) groups is 1. The van der Waals surface area contributed by atoms with Gasteiger partial charge in [0, 0.05) is 7.05 Å². The van der Waals surface area contributed by atoms with Crippen molar-refractivity contribution in [3.05, 3.63) is 0 Å². The van der Waals surface area contributed by atoms with Gasteiger partial charge in [-0.3, -0.25) is 4.79 Å². The fourth-order valence-corrected chi connectivity index (χ4v) is 2.52. The summed E-state index contributed by atoms with van der Waals surface area (Å²) in [5.41, 5.74) is 5.39. The maximum absolute atomic E-state index is 11.1. The lowest BCUT2D eigenvalue weighted by Crippen LogP contribution is -2.27. The number of aromatic nitrogens is 2. The van der Waals surface area contributed by atoms with Gasteiger partial charge in [-0.05, 0) is 6.92 Å². The summed E-state index contributed by atoms with van der Waals surface area (Å²) in [5, 5.41) is 10.3. The molecule has 0 spiro atoms. The molecule has 1 heterocycles. The highest BCUT2D eigenvalue weighted by atomic mass is 32.2. The van der Waals surface area contributed by atoms with E-state index in [0.717, 1.165) is 0 Å². The SMILES string of the molecule is CNC(=O)C(C)Sc1nnc(N)s1. The van der Waals surface area contributed by atoms with Gasteiger partial charge in [0.1, 0.15) is 0 Å². The van der Waals surface area contributed by atoms with Gasteiger partial charge < -0.3 is 11.1 Å². The Bertz CT molecular complexity index is 301. The van der Waals surface area contributed by atoms with Crippen LogP contribution in [0.5, 0.6) is 0 Å². The van der Waals surface area contributed by atoms with E-state index in [4.69, 9.17) is 5.73 Å². The van der Waals surface area contributed by atoms with E-state index in [9.17, 15) is 4.79 Å². The first-order valence-corrected chi connectivity index (χ1v) is 5.30. The van der Waals surface area contributed by atoms with Crippen LogP contribution in [0.25, 0.3) is 0 Å². The highest BCUT2D eigenvalue weighted by Gasteiger charge is 2.14. The Labute approximate surface area is 84.1 Å². The average molecular weight is 218 g/mol. The van der Waals surface area contributed by atoms with Crippen LogP contribution < -0.4 is 11.1 Å². The van der Waals surface area contributed by atoms with E-state index in [0.29, 0.717) is 9.47 Å². The van der Waals surface area contributed by atoms with Crippen LogP contribution in [0.4, 0.5) is 5.13 Å². The molecule has 5 nitrogen and oxygen atoms in total. The van der Waals surface area contributed by atoms with Crippen LogP contribution in [-0.2, 0) is 4.79 Å². The van der Waals surface area contributed by atoms with Gasteiger partial charge in [0.15, 0.2) is 4.34 Å². The Morgan fingerprint density at radius 1 is 1.69 bits per heavy atom. The van der Waals surface area contributed by atoms with Crippen LogP contribution in [0, 0.1) is 0 Å². The predicted molar refractivity (Wildman–Crippen MR) is 53.7 cm³/mol. The van der Waals surface area contributed by atoms with Crippen LogP contribution in [0.1, 0.15) is 6.92 Å². The van der Waals surface area contributed by atoms with E-state index in [-0.39, 0.29) is 11.2 Å². The summed E-state index contributed by atoms with van der Waals surface area (Å²) in [5.74, 6) is -0.0289. The molecular formula is C6H10N4OS2. The van der Waals surface area contributed by atoms with Crippen molar-refractivity contribution < 1.29 is 4.79 Å². The van der Waals surface area contributed by atoms with E-state index in [2.05, 4.69) is 15.5 Å². The van der Waals surface area contributed by atoms with Gasteiger partial charge in [0.05, 0.1) is 5.25 Å². The number of thioether (sulfide) groups is 1. The molecule has 1 unspecified atom stereocenters. The fraction of sp³-hybridized carbons (Fsp3) is 0.500. The van der Waals surface area contributed by atoms with Crippen LogP contribution in [0.3, 0.4) is 0 Å². The second-order valence-electron chi connectivity index (χ2n) is 2.28. The minimum Gasteiger partial charge on any atom is -0.374 e. The van der Waals surface area contributed by atoms with Crippen molar-refractivity contribution in [3.8, 4) is 0 Å². The summed E-state index contributed by atoms with van der Waals surface area (Å²) in [6, 6.07) is 0. The molecular weight excluding hydrogens is 208 g/mol. The fourth-order valence-electron chi connectivity index (χ4n) is 0.676. The molecule has 1 amide bonds. The highest BCUT2D eigenvalue weighted by Crippen LogP contribution is 2.27. The number of nitrogen functional groups attached to an aromatic ring is 1. The summed E-state index contributed by atoms with van der Waals surface area (Å²) in [7, 11) is 1.61. The zero-order valence-corrected chi connectivity index (χ0v) is 8.91. The van der Waals surface area contributed by atoms with E-state index < -0.39 is 0 Å². The highest BCUT2D eigenvalue weighted by molar-refractivity contribution is 8.02. The Balaban J connectivity index is 2.54. The molecule has 0 aliphatic rings. The predicted octanol–water partition coefficient (Wildman–Crippen LogP) is 0.347. The molecule has 1 atom stereocenters. The standard InChI is InChI=1S/C6H10N4OS2/c1-3(4(11)8-2)12-6-10-9-5(7)13-6/h3H,1-2H3,(H2,7,9)(H,8,11). The van der Waals surface area contributed by atoms with Gasteiger partial charge in [-0.15, -0.1) is 10.2 Å². The topological polar surface area (TPSA) is 80.9 Å². The smallest absolute Gasteiger partial charge is 0.233 e. The molecule has 0 bridgehead atoms. The minimum atomic E-state index is -0.169. The van der Waals surface area contributed by atoms with Crippen molar-refractivity contribution in [1.82, 2.24) is 15.5 Å². The number of nitrogens with two attached hydrogens (primary N) is 1. The third-order valence-corrected chi connectivity index (χ3v) is 3.25. The molecule has 72 valence electrons. The summed E-state index contributed by atoms with van der Waals surface area (Å²) in [6.07, 6.45) is 0. The lowest BCUT2D eigenvalue weighted by molar-refractivity contribution is -0.119. The van der Waals surface area contributed by atoms with Crippen LogP contribution >= 0.6 is 23.1 Å². The Morgan fingerprint density at radius 3 is 2.85 bits per heavy atom. The number of nitrogens with zero attached hydrogens (tertiary/aromatic N) is 2. The monoisotopic (exact) mass is 218 g/mol. The molecule has 0 radical (unpaired) electrons. The second-order valence-corrected chi connectivity index (χ2v) is 4.88. The second kappa shape index (κ2) is 4.43. The Kier molecular flexibility index (Phi) is 3.49. The van der Waals surface area contributed by atoms with Gasteiger partial charge in [-0.1, -0.05) is 23.1 Å². The molecule has 3 N–H and O–H groups in total. The first-order chi connectivity index (χ1) is 6.13. The van der Waals surface area contributed by atoms with E-state index in [1.54, 1.807) is 14.0 Å². The van der Waals surface area contributed by atoms with Gasteiger partial charge in [-0.25, -0.2) is 0 Å². The van der Waals surface area contributed by atoms with Crippen molar-refractivity contribution >= 4 is 34.1 Å². The maximum atomic E-state index is 11.1. The maximum Gasteiger partial charge on any atom is 0.233 e. The molecule has 0 fully saturated rings. The zero-order valence-electron chi connectivity index (χ0n) is 7.27. The first-order valence-electron chi connectivity index (χ1n) is 3.60. The van der Waals surface area contributed by atoms with Crippen molar-refractivity contribution in [2.24, 2.45) is 0 Å². The molecule has 1 aromatic rings. The number of anilines is 1. The third kappa shape index (κ3) is 2.85. The van der Waals surface area contributed by atoms with Crippen LogP contribution in [0.2, 0.25) is 0 Å². The van der Waals surface area contributed by atoms with Crippen molar-refractivity contribution in [1.29, 1.82) is 0 Å². The van der Waals surface area contributed by atoms with E-state index in [1.165, 1.54) is 23.1 Å². The van der Waals surface area contributed by atoms with Crippen molar-refractivity contribution in [2.75, 3.05) is 12.8 Å². The number of hydrogen-bond acceptors (Lipinski definition) is 6. The average Bonchev–Trinajstić information content (AvgIpc) is 2.49. The summed E-state index contributed by atoms with van der Waals surface area (Å²) < 4.78 is 0.716. The number of carbonyl (C=O) groups excluding carboxylic acids is 1. The van der Waals surface area contributed by atoms with Crippen molar-refractivity contribution in [3.63, 3.8) is 0 Å². The lowest BCUT2D eigenvalue weighted by Gasteiger charge is -2.05. The molecule has 0 saturated carbocycles. The number of nitrogens with one attached hydrogen (secondary N) is 1. The quantitative estimate of drug-likeness (QED) is 0.715. The molecule has 13 heavy (non-hydrogen) atoms. The number of rotatable bonds is 3. The molecule has 0 aliphatic carbocycles. The minimum absolute atomic E-state index is 0.0289. The summed E-state index contributed by atoms with van der Waals surface area (Å²) >= 11 is 2.63. The normalized spacial score (nSPS) is 12.5. The van der Waals surface area contributed by atoms with Gasteiger partial charge >= 0.3 is 0 Å². The molecule has 0 aliphatic heterocycles. The molecule has 1 aromatic heterocycles. The van der Waals surface area contributed by atoms with Crippen LogP contribution in [-0.4, -0.2) is 28.4 Å². The zero-order chi connectivity index (χ0) is 9.84.